The Morgan fingerprint density at radius 3 is 2.89 bits per heavy atom. The maximum absolute atomic E-state index is 11.1. The standard InChI is InChI=1S/C23H26N2O2/c1-23(2,15-26)27-19-8-10-21-17(14-19)6-9-20(24-21)16-7-11-22-18(13-16)5-4-12-25(22)3/h6-11,14-15,18H,4-5,12-13H2,1-3H3. The molecule has 1 atom stereocenters. The van der Waals surface area contributed by atoms with Crippen LogP contribution in [0.15, 0.2) is 48.2 Å². The van der Waals surface area contributed by atoms with Crippen molar-refractivity contribution in [3.05, 3.63) is 53.9 Å². The SMILES string of the molecule is CN1CCCC2CC(c3ccc4cc(OC(C)(C)C=O)ccc4n3)=CC=C21. The van der Waals surface area contributed by atoms with Crippen LogP contribution in [0.4, 0.5) is 0 Å². The molecule has 0 spiro atoms. The predicted octanol–water partition coefficient (Wildman–Crippen LogP) is 4.60. The van der Waals surface area contributed by atoms with E-state index in [2.05, 4.69) is 36.2 Å². The molecule has 0 bridgehead atoms. The van der Waals surface area contributed by atoms with Gasteiger partial charge in [0.2, 0.25) is 0 Å². The number of hydrogen-bond acceptors (Lipinski definition) is 4. The molecule has 0 saturated carbocycles. The minimum Gasteiger partial charge on any atom is -0.480 e. The number of carbonyl (C=O) groups excluding carboxylic acids is 1. The van der Waals surface area contributed by atoms with Crippen LogP contribution in [0.25, 0.3) is 16.5 Å². The number of nitrogens with zero attached hydrogens (tertiary/aromatic N) is 2. The molecule has 1 aromatic carbocycles. The van der Waals surface area contributed by atoms with Gasteiger partial charge in [0.05, 0.1) is 11.2 Å². The lowest BCUT2D eigenvalue weighted by Crippen LogP contribution is -2.31. The summed E-state index contributed by atoms with van der Waals surface area (Å²) >= 11 is 0. The zero-order chi connectivity index (χ0) is 19.0. The molecular formula is C23H26N2O2. The number of fused-ring (bicyclic) bond motifs is 2. The highest BCUT2D eigenvalue weighted by molar-refractivity contribution is 5.83. The fraction of sp³-hybridized carbons (Fsp3) is 0.391. The Balaban J connectivity index is 1.62. The number of likely N-dealkylation sites (tertiary alicyclic amines) is 1. The van der Waals surface area contributed by atoms with Crippen molar-refractivity contribution < 1.29 is 9.53 Å². The molecule has 2 heterocycles. The van der Waals surface area contributed by atoms with E-state index in [1.54, 1.807) is 13.8 Å². The van der Waals surface area contributed by atoms with E-state index in [1.807, 2.05) is 18.2 Å². The fourth-order valence-electron chi connectivity index (χ4n) is 4.02. The molecule has 0 N–H and O–H groups in total. The fourth-order valence-corrected chi connectivity index (χ4v) is 4.02. The zero-order valence-corrected chi connectivity index (χ0v) is 16.2. The van der Waals surface area contributed by atoms with Gasteiger partial charge in [-0.3, -0.25) is 4.79 Å². The van der Waals surface area contributed by atoms with E-state index in [4.69, 9.17) is 9.72 Å². The summed E-state index contributed by atoms with van der Waals surface area (Å²) in [6, 6.07) is 9.97. The van der Waals surface area contributed by atoms with Gasteiger partial charge in [0.25, 0.3) is 0 Å². The van der Waals surface area contributed by atoms with Gasteiger partial charge in [0, 0.05) is 30.6 Å². The van der Waals surface area contributed by atoms with Crippen molar-refractivity contribution in [2.45, 2.75) is 38.7 Å². The van der Waals surface area contributed by atoms with Crippen LogP contribution in [0.5, 0.6) is 5.75 Å². The Morgan fingerprint density at radius 1 is 1.22 bits per heavy atom. The topological polar surface area (TPSA) is 42.4 Å². The number of piperidine rings is 1. The van der Waals surface area contributed by atoms with E-state index in [0.29, 0.717) is 11.7 Å². The van der Waals surface area contributed by atoms with Crippen molar-refractivity contribution in [1.29, 1.82) is 0 Å². The number of carbonyl (C=O) groups is 1. The number of pyridine rings is 1. The lowest BCUT2D eigenvalue weighted by molar-refractivity contribution is -0.118. The van der Waals surface area contributed by atoms with Crippen molar-refractivity contribution >= 4 is 22.8 Å². The summed E-state index contributed by atoms with van der Waals surface area (Å²) in [5.41, 5.74) is 3.94. The van der Waals surface area contributed by atoms with Crippen LogP contribution in [0.3, 0.4) is 0 Å². The van der Waals surface area contributed by atoms with Gasteiger partial charge in [0.15, 0.2) is 11.9 Å². The molecule has 0 radical (unpaired) electrons. The number of benzene rings is 1. The van der Waals surface area contributed by atoms with Crippen LogP contribution in [0.2, 0.25) is 0 Å². The molecule has 140 valence electrons. The van der Waals surface area contributed by atoms with Crippen LogP contribution in [0.1, 0.15) is 38.8 Å². The Hall–Kier alpha value is -2.62. The summed E-state index contributed by atoms with van der Waals surface area (Å²) in [5.74, 6) is 1.30. The van der Waals surface area contributed by atoms with E-state index in [-0.39, 0.29) is 0 Å². The van der Waals surface area contributed by atoms with Crippen LogP contribution in [-0.4, -0.2) is 35.4 Å². The first-order valence-electron chi connectivity index (χ1n) is 9.64. The van der Waals surface area contributed by atoms with Gasteiger partial charge in [-0.15, -0.1) is 0 Å². The Labute approximate surface area is 160 Å². The Morgan fingerprint density at radius 2 is 2.07 bits per heavy atom. The first kappa shape index (κ1) is 17.8. The van der Waals surface area contributed by atoms with Gasteiger partial charge in [-0.05, 0) is 69.0 Å². The number of hydrogen-bond donors (Lipinski definition) is 0. The van der Waals surface area contributed by atoms with Crippen molar-refractivity contribution in [2.24, 2.45) is 5.92 Å². The molecule has 1 aromatic heterocycles. The molecule has 1 aliphatic carbocycles. The summed E-state index contributed by atoms with van der Waals surface area (Å²) < 4.78 is 5.76. The summed E-state index contributed by atoms with van der Waals surface area (Å²) in [6.45, 7) is 4.67. The molecule has 1 unspecified atom stereocenters. The minimum absolute atomic E-state index is 0.614. The number of aromatic nitrogens is 1. The Kier molecular flexibility index (Phi) is 4.50. The van der Waals surface area contributed by atoms with Crippen LogP contribution >= 0.6 is 0 Å². The maximum Gasteiger partial charge on any atom is 0.162 e. The second-order valence-electron chi connectivity index (χ2n) is 8.12. The van der Waals surface area contributed by atoms with Crippen molar-refractivity contribution in [3.8, 4) is 5.75 Å². The normalized spacial score (nSPS) is 20.0. The average Bonchev–Trinajstić information content (AvgIpc) is 2.67. The first-order valence-corrected chi connectivity index (χ1v) is 9.64. The van der Waals surface area contributed by atoms with Gasteiger partial charge in [-0.1, -0.05) is 12.1 Å². The van der Waals surface area contributed by atoms with Gasteiger partial charge in [0.1, 0.15) is 5.75 Å². The molecule has 1 saturated heterocycles. The maximum atomic E-state index is 11.1. The summed E-state index contributed by atoms with van der Waals surface area (Å²) in [5, 5.41) is 1.02. The predicted molar refractivity (Wildman–Crippen MR) is 109 cm³/mol. The lowest BCUT2D eigenvalue weighted by Gasteiger charge is -2.36. The molecule has 4 heteroatoms. The molecule has 1 aliphatic heterocycles. The second-order valence-corrected chi connectivity index (χ2v) is 8.12. The molecule has 27 heavy (non-hydrogen) atoms. The van der Waals surface area contributed by atoms with Crippen molar-refractivity contribution in [3.63, 3.8) is 0 Å². The molecule has 2 aromatic rings. The number of aldehydes is 1. The van der Waals surface area contributed by atoms with E-state index in [1.165, 1.54) is 24.1 Å². The smallest absolute Gasteiger partial charge is 0.162 e. The molecule has 2 aliphatic rings. The summed E-state index contributed by atoms with van der Waals surface area (Å²) in [4.78, 5) is 18.3. The summed E-state index contributed by atoms with van der Waals surface area (Å²) in [6.07, 6.45) is 8.89. The highest BCUT2D eigenvalue weighted by Gasteiger charge is 2.26. The minimum atomic E-state index is -0.828. The number of rotatable bonds is 4. The quantitative estimate of drug-likeness (QED) is 0.745. The highest BCUT2D eigenvalue weighted by Crippen LogP contribution is 2.37. The molecular weight excluding hydrogens is 336 g/mol. The van der Waals surface area contributed by atoms with Crippen molar-refractivity contribution in [1.82, 2.24) is 9.88 Å². The molecule has 4 nitrogen and oxygen atoms in total. The van der Waals surface area contributed by atoms with E-state index >= 15 is 0 Å². The first-order chi connectivity index (χ1) is 12.9. The molecule has 4 rings (SSSR count). The number of allylic oxidation sites excluding steroid dienone is 4. The monoisotopic (exact) mass is 362 g/mol. The van der Waals surface area contributed by atoms with Crippen molar-refractivity contribution in [2.75, 3.05) is 13.6 Å². The number of ether oxygens (including phenoxy) is 1. The van der Waals surface area contributed by atoms with Crippen LogP contribution < -0.4 is 4.74 Å². The second kappa shape index (κ2) is 6.84. The third kappa shape index (κ3) is 3.61. The lowest BCUT2D eigenvalue weighted by atomic mass is 9.83. The van der Waals surface area contributed by atoms with Crippen LogP contribution in [-0.2, 0) is 4.79 Å². The van der Waals surface area contributed by atoms with E-state index in [0.717, 1.165) is 35.8 Å². The van der Waals surface area contributed by atoms with Gasteiger partial charge >= 0.3 is 0 Å². The van der Waals surface area contributed by atoms with Crippen LogP contribution in [0, 0.1) is 5.92 Å². The molecule has 0 amide bonds. The van der Waals surface area contributed by atoms with E-state index in [9.17, 15) is 4.79 Å². The summed E-state index contributed by atoms with van der Waals surface area (Å²) in [7, 11) is 2.19. The largest absolute Gasteiger partial charge is 0.480 e. The van der Waals surface area contributed by atoms with Gasteiger partial charge in [-0.2, -0.15) is 0 Å². The molecule has 1 fully saturated rings. The van der Waals surface area contributed by atoms with Gasteiger partial charge in [-0.25, -0.2) is 4.98 Å². The third-order valence-corrected chi connectivity index (χ3v) is 5.48. The highest BCUT2D eigenvalue weighted by atomic mass is 16.5. The Bertz CT molecular complexity index is 943. The van der Waals surface area contributed by atoms with Gasteiger partial charge < -0.3 is 9.64 Å². The average molecular weight is 362 g/mol. The van der Waals surface area contributed by atoms with E-state index < -0.39 is 5.60 Å². The zero-order valence-electron chi connectivity index (χ0n) is 16.2. The third-order valence-electron chi connectivity index (χ3n) is 5.48.